The maximum Gasteiger partial charge on any atom is 0.124 e. The van der Waals surface area contributed by atoms with E-state index in [-0.39, 0.29) is 0 Å². The maximum absolute atomic E-state index is 6.08. The minimum absolute atomic E-state index is 0.377. The summed E-state index contributed by atoms with van der Waals surface area (Å²) >= 11 is 0. The van der Waals surface area contributed by atoms with Crippen LogP contribution in [-0.4, -0.2) is 37.7 Å². The van der Waals surface area contributed by atoms with E-state index in [0.29, 0.717) is 12.1 Å². The van der Waals surface area contributed by atoms with Crippen LogP contribution < -0.4 is 10.1 Å². The molecular formula is C14H20N2O. The average molecular weight is 232 g/mol. The van der Waals surface area contributed by atoms with Gasteiger partial charge in [0.1, 0.15) is 11.9 Å². The molecule has 1 aromatic carbocycles. The van der Waals surface area contributed by atoms with Crippen LogP contribution in [0.2, 0.25) is 0 Å². The van der Waals surface area contributed by atoms with Gasteiger partial charge in [-0.3, -0.25) is 4.90 Å². The van der Waals surface area contributed by atoms with Gasteiger partial charge in [0.15, 0.2) is 0 Å². The van der Waals surface area contributed by atoms with Crippen LogP contribution in [0.15, 0.2) is 24.3 Å². The van der Waals surface area contributed by atoms with Crippen LogP contribution in [0.25, 0.3) is 0 Å². The normalized spacial score (nSPS) is 25.8. The van der Waals surface area contributed by atoms with E-state index in [2.05, 4.69) is 41.5 Å². The third-order valence-electron chi connectivity index (χ3n) is 3.68. The summed E-state index contributed by atoms with van der Waals surface area (Å²) in [5, 5.41) is 3.54. The molecule has 0 bridgehead atoms. The first kappa shape index (κ1) is 11.1. The molecule has 0 amide bonds. The molecule has 3 nitrogen and oxygen atoms in total. The third kappa shape index (κ3) is 2.31. The highest BCUT2D eigenvalue weighted by atomic mass is 16.5. The largest absolute Gasteiger partial charge is 0.487 e. The second-order valence-corrected chi connectivity index (χ2v) is 5.15. The predicted molar refractivity (Wildman–Crippen MR) is 68.3 cm³/mol. The molecule has 2 aliphatic heterocycles. The molecule has 2 heterocycles. The molecule has 0 radical (unpaired) electrons. The van der Waals surface area contributed by atoms with Crippen LogP contribution in [-0.2, 0) is 0 Å². The minimum Gasteiger partial charge on any atom is -0.487 e. The zero-order valence-electron chi connectivity index (χ0n) is 10.4. The summed E-state index contributed by atoms with van der Waals surface area (Å²) in [6.07, 6.45) is 2.87. The highest BCUT2D eigenvalue weighted by Gasteiger charge is 2.27. The molecule has 3 heteroatoms. The Bertz CT molecular complexity index is 382. The molecular weight excluding hydrogens is 212 g/mol. The fraction of sp³-hybridized carbons (Fsp3) is 0.571. The topological polar surface area (TPSA) is 24.5 Å². The highest BCUT2D eigenvalue weighted by molar-refractivity contribution is 5.36. The van der Waals surface area contributed by atoms with Crippen molar-refractivity contribution >= 4 is 0 Å². The second kappa shape index (κ2) is 4.67. The van der Waals surface area contributed by atoms with Gasteiger partial charge in [0, 0.05) is 24.7 Å². The third-order valence-corrected chi connectivity index (χ3v) is 3.68. The van der Waals surface area contributed by atoms with Gasteiger partial charge < -0.3 is 10.1 Å². The Balaban J connectivity index is 1.73. The van der Waals surface area contributed by atoms with Crippen LogP contribution in [0.3, 0.4) is 0 Å². The lowest BCUT2D eigenvalue weighted by Gasteiger charge is -2.36. The van der Waals surface area contributed by atoms with E-state index in [4.69, 9.17) is 4.74 Å². The number of ether oxygens (including phenoxy) is 1. The lowest BCUT2D eigenvalue weighted by atomic mass is 10.0. The summed E-state index contributed by atoms with van der Waals surface area (Å²) in [6.45, 7) is 3.23. The van der Waals surface area contributed by atoms with Crippen LogP contribution in [0.4, 0.5) is 0 Å². The van der Waals surface area contributed by atoms with Gasteiger partial charge in [-0.05, 0) is 32.5 Å². The van der Waals surface area contributed by atoms with E-state index in [0.717, 1.165) is 25.4 Å². The fourth-order valence-electron chi connectivity index (χ4n) is 2.72. The molecule has 2 aliphatic rings. The number of likely N-dealkylation sites (N-methyl/N-ethyl adjacent to an activating group) is 1. The zero-order chi connectivity index (χ0) is 11.7. The molecule has 17 heavy (non-hydrogen) atoms. The van der Waals surface area contributed by atoms with Crippen molar-refractivity contribution in [3.8, 4) is 5.75 Å². The van der Waals surface area contributed by atoms with Crippen LogP contribution in [0.5, 0.6) is 5.75 Å². The van der Waals surface area contributed by atoms with Gasteiger partial charge in [-0.25, -0.2) is 0 Å². The smallest absolute Gasteiger partial charge is 0.124 e. The maximum atomic E-state index is 6.08. The van der Waals surface area contributed by atoms with E-state index in [1.807, 2.05) is 0 Å². The lowest BCUT2D eigenvalue weighted by Crippen LogP contribution is -2.51. The SMILES string of the molecule is CN1CC(Oc2ccccc2C2CCCN2)C1. The van der Waals surface area contributed by atoms with E-state index in [1.165, 1.54) is 18.4 Å². The molecule has 0 aromatic heterocycles. The number of nitrogens with one attached hydrogen (secondary N) is 1. The molecule has 2 fully saturated rings. The molecule has 1 N–H and O–H groups in total. The molecule has 1 aromatic rings. The molecule has 92 valence electrons. The molecule has 2 saturated heterocycles. The van der Waals surface area contributed by atoms with Gasteiger partial charge in [-0.2, -0.15) is 0 Å². The number of hydrogen-bond acceptors (Lipinski definition) is 3. The first-order chi connectivity index (χ1) is 8.33. The quantitative estimate of drug-likeness (QED) is 0.860. The van der Waals surface area contributed by atoms with Gasteiger partial charge in [0.2, 0.25) is 0 Å². The summed E-state index contributed by atoms with van der Waals surface area (Å²) in [6, 6.07) is 8.96. The predicted octanol–water partition coefficient (Wildman–Crippen LogP) is 1.80. The summed E-state index contributed by atoms with van der Waals surface area (Å²) in [5.74, 6) is 1.07. The zero-order valence-corrected chi connectivity index (χ0v) is 10.4. The Labute approximate surface area is 103 Å². The van der Waals surface area contributed by atoms with E-state index < -0.39 is 0 Å². The van der Waals surface area contributed by atoms with Crippen molar-refractivity contribution in [1.29, 1.82) is 0 Å². The Kier molecular flexibility index (Phi) is 3.04. The van der Waals surface area contributed by atoms with Crippen molar-refractivity contribution in [2.45, 2.75) is 25.0 Å². The van der Waals surface area contributed by atoms with Gasteiger partial charge in [-0.15, -0.1) is 0 Å². The van der Waals surface area contributed by atoms with Gasteiger partial charge in [-0.1, -0.05) is 18.2 Å². The molecule has 1 unspecified atom stereocenters. The number of likely N-dealkylation sites (tertiary alicyclic amines) is 1. The Hall–Kier alpha value is -1.06. The molecule has 0 spiro atoms. The number of nitrogens with zero attached hydrogens (tertiary/aromatic N) is 1. The van der Waals surface area contributed by atoms with Gasteiger partial charge in [0.05, 0.1) is 0 Å². The fourth-order valence-corrected chi connectivity index (χ4v) is 2.72. The minimum atomic E-state index is 0.377. The first-order valence-electron chi connectivity index (χ1n) is 6.50. The van der Waals surface area contributed by atoms with Crippen molar-refractivity contribution in [1.82, 2.24) is 10.2 Å². The molecule has 0 aliphatic carbocycles. The molecule has 3 rings (SSSR count). The first-order valence-corrected chi connectivity index (χ1v) is 6.50. The molecule has 0 saturated carbocycles. The monoisotopic (exact) mass is 232 g/mol. The number of benzene rings is 1. The van der Waals surface area contributed by atoms with Gasteiger partial charge >= 0.3 is 0 Å². The van der Waals surface area contributed by atoms with E-state index in [9.17, 15) is 0 Å². The van der Waals surface area contributed by atoms with Crippen molar-refractivity contribution in [2.24, 2.45) is 0 Å². The second-order valence-electron chi connectivity index (χ2n) is 5.15. The van der Waals surface area contributed by atoms with Crippen LogP contribution in [0.1, 0.15) is 24.4 Å². The number of hydrogen-bond donors (Lipinski definition) is 1. The summed E-state index contributed by atoms with van der Waals surface area (Å²) in [7, 11) is 2.13. The Morgan fingerprint density at radius 2 is 2.12 bits per heavy atom. The Morgan fingerprint density at radius 1 is 1.29 bits per heavy atom. The van der Waals surface area contributed by atoms with E-state index in [1.54, 1.807) is 0 Å². The summed E-state index contributed by atoms with van der Waals surface area (Å²) in [5.41, 5.74) is 1.33. The number of para-hydroxylation sites is 1. The van der Waals surface area contributed by atoms with Crippen LogP contribution >= 0.6 is 0 Å². The van der Waals surface area contributed by atoms with Crippen molar-refractivity contribution in [3.05, 3.63) is 29.8 Å². The van der Waals surface area contributed by atoms with Crippen molar-refractivity contribution in [2.75, 3.05) is 26.7 Å². The number of rotatable bonds is 3. The lowest BCUT2D eigenvalue weighted by molar-refractivity contribution is 0.0378. The summed E-state index contributed by atoms with van der Waals surface area (Å²) in [4.78, 5) is 2.28. The van der Waals surface area contributed by atoms with Crippen molar-refractivity contribution < 1.29 is 4.74 Å². The van der Waals surface area contributed by atoms with Crippen molar-refractivity contribution in [3.63, 3.8) is 0 Å². The summed E-state index contributed by atoms with van der Waals surface area (Å²) < 4.78 is 6.08. The highest BCUT2D eigenvalue weighted by Crippen LogP contribution is 2.31. The average Bonchev–Trinajstić information content (AvgIpc) is 2.81. The van der Waals surface area contributed by atoms with Crippen LogP contribution in [0, 0.1) is 0 Å². The van der Waals surface area contributed by atoms with Gasteiger partial charge in [0.25, 0.3) is 0 Å². The molecule has 1 atom stereocenters. The Morgan fingerprint density at radius 3 is 2.82 bits per heavy atom. The van der Waals surface area contributed by atoms with E-state index >= 15 is 0 Å². The standard InChI is InChI=1S/C14H20N2O/c1-16-9-11(10-16)17-14-7-3-2-5-12(14)13-6-4-8-15-13/h2-3,5,7,11,13,15H,4,6,8-10H2,1H3.